The number of carboxylic acid groups (broad SMARTS) is 1. The molecule has 3 nitrogen and oxygen atoms in total. The van der Waals surface area contributed by atoms with Gasteiger partial charge in [-0.05, 0) is 57.0 Å². The largest absolute Gasteiger partial charge is 0.481 e. The van der Waals surface area contributed by atoms with Crippen LogP contribution in [0, 0.1) is 12.3 Å². The number of carboxylic acids is 1. The van der Waals surface area contributed by atoms with Crippen molar-refractivity contribution in [2.45, 2.75) is 33.7 Å². The van der Waals surface area contributed by atoms with Gasteiger partial charge in [0.15, 0.2) is 0 Å². The topological polar surface area (TPSA) is 49.3 Å². The summed E-state index contributed by atoms with van der Waals surface area (Å²) in [7, 11) is 0. The lowest BCUT2D eigenvalue weighted by molar-refractivity contribution is -0.147. The maximum Gasteiger partial charge on any atom is 0.309 e. The molecule has 4 heteroatoms. The number of carbonyl (C=O) groups is 1. The summed E-state index contributed by atoms with van der Waals surface area (Å²) in [6.45, 7) is 7.05. The molecule has 1 rings (SSSR count). The summed E-state index contributed by atoms with van der Waals surface area (Å²) in [6, 6.07) is 6.18. The first-order chi connectivity index (χ1) is 8.33. The molecule has 0 saturated carbocycles. The van der Waals surface area contributed by atoms with E-state index in [0.717, 1.165) is 11.0 Å². The Balaban J connectivity index is 2.41. The van der Waals surface area contributed by atoms with Gasteiger partial charge in [-0.25, -0.2) is 0 Å². The van der Waals surface area contributed by atoms with Crippen molar-refractivity contribution in [1.82, 2.24) is 5.32 Å². The molecule has 0 atom stereocenters. The van der Waals surface area contributed by atoms with E-state index in [-0.39, 0.29) is 0 Å². The van der Waals surface area contributed by atoms with Crippen molar-refractivity contribution in [3.8, 4) is 0 Å². The third-order valence-corrected chi connectivity index (χ3v) is 3.62. The maximum absolute atomic E-state index is 10.9. The van der Waals surface area contributed by atoms with E-state index in [0.29, 0.717) is 13.0 Å². The van der Waals surface area contributed by atoms with Gasteiger partial charge in [0, 0.05) is 11.0 Å². The average molecular weight is 314 g/mol. The van der Waals surface area contributed by atoms with Crippen LogP contribution in [0.4, 0.5) is 0 Å². The third-order valence-electron chi connectivity index (χ3n) is 3.13. The molecular weight excluding hydrogens is 294 g/mol. The molecule has 0 fully saturated rings. The second kappa shape index (κ2) is 6.34. The van der Waals surface area contributed by atoms with Gasteiger partial charge in [0.2, 0.25) is 0 Å². The molecule has 1 aromatic carbocycles. The lowest BCUT2D eigenvalue weighted by atomic mass is 9.90. The molecule has 0 aliphatic rings. The van der Waals surface area contributed by atoms with Crippen LogP contribution in [-0.2, 0) is 11.3 Å². The Bertz CT molecular complexity index is 430. The minimum atomic E-state index is -0.746. The van der Waals surface area contributed by atoms with Crippen LogP contribution >= 0.6 is 15.9 Å². The van der Waals surface area contributed by atoms with Crippen LogP contribution < -0.4 is 5.32 Å². The number of aliphatic carboxylic acids is 1. The van der Waals surface area contributed by atoms with E-state index in [4.69, 9.17) is 5.11 Å². The number of halogens is 1. The summed E-state index contributed by atoms with van der Waals surface area (Å²) < 4.78 is 1.08. The van der Waals surface area contributed by atoms with Gasteiger partial charge in [0.05, 0.1) is 5.41 Å². The highest BCUT2D eigenvalue weighted by Crippen LogP contribution is 2.20. The van der Waals surface area contributed by atoms with Gasteiger partial charge in [-0.2, -0.15) is 0 Å². The molecule has 2 N–H and O–H groups in total. The smallest absolute Gasteiger partial charge is 0.309 e. The molecule has 0 unspecified atom stereocenters. The van der Waals surface area contributed by atoms with Gasteiger partial charge < -0.3 is 10.4 Å². The van der Waals surface area contributed by atoms with E-state index < -0.39 is 11.4 Å². The van der Waals surface area contributed by atoms with E-state index in [1.165, 1.54) is 11.1 Å². The second-order valence-corrected chi connectivity index (χ2v) is 6.10. The minimum absolute atomic E-state index is 0.623. The predicted octanol–water partition coefficient (Wildman–Crippen LogP) is 3.35. The molecule has 0 radical (unpaired) electrons. The number of rotatable bonds is 6. The molecule has 0 saturated heterocycles. The van der Waals surface area contributed by atoms with E-state index in [9.17, 15) is 4.79 Å². The quantitative estimate of drug-likeness (QED) is 0.792. The van der Waals surface area contributed by atoms with E-state index in [2.05, 4.69) is 40.3 Å². The Morgan fingerprint density at radius 3 is 2.67 bits per heavy atom. The first-order valence-electron chi connectivity index (χ1n) is 6.02. The maximum atomic E-state index is 10.9. The summed E-state index contributed by atoms with van der Waals surface area (Å²) in [5, 5.41) is 12.3. The van der Waals surface area contributed by atoms with Crippen LogP contribution in [0.5, 0.6) is 0 Å². The van der Waals surface area contributed by atoms with Crippen LogP contribution in [0.15, 0.2) is 22.7 Å². The van der Waals surface area contributed by atoms with Crippen molar-refractivity contribution in [2.75, 3.05) is 6.54 Å². The first-order valence-corrected chi connectivity index (χ1v) is 6.81. The highest BCUT2D eigenvalue weighted by Gasteiger charge is 2.25. The molecule has 1 aromatic rings. The molecule has 0 aromatic heterocycles. The zero-order valence-corrected chi connectivity index (χ0v) is 12.7. The average Bonchev–Trinajstić information content (AvgIpc) is 2.26. The predicted molar refractivity (Wildman–Crippen MR) is 76.6 cm³/mol. The summed E-state index contributed by atoms with van der Waals surface area (Å²) >= 11 is 3.43. The number of aryl methyl sites for hydroxylation is 1. The lowest BCUT2D eigenvalue weighted by Crippen LogP contribution is -2.28. The Morgan fingerprint density at radius 2 is 2.11 bits per heavy atom. The fourth-order valence-corrected chi connectivity index (χ4v) is 2.06. The standard InChI is InChI=1S/C14H20BrNO2/c1-10-8-12(15)5-4-11(10)9-16-7-6-14(2,3)13(17)18/h4-5,8,16H,6-7,9H2,1-3H3,(H,17,18). The first kappa shape index (κ1) is 15.2. The Labute approximate surface area is 117 Å². The van der Waals surface area contributed by atoms with Gasteiger partial charge in [-0.3, -0.25) is 4.79 Å². The lowest BCUT2D eigenvalue weighted by Gasteiger charge is -2.19. The Morgan fingerprint density at radius 1 is 1.44 bits per heavy atom. The van der Waals surface area contributed by atoms with Crippen LogP contribution in [-0.4, -0.2) is 17.6 Å². The number of nitrogens with one attached hydrogen (secondary N) is 1. The third kappa shape index (κ3) is 4.42. The van der Waals surface area contributed by atoms with Crippen molar-refractivity contribution in [3.63, 3.8) is 0 Å². The van der Waals surface area contributed by atoms with Gasteiger partial charge in [-0.1, -0.05) is 22.0 Å². The van der Waals surface area contributed by atoms with Crippen LogP contribution in [0.3, 0.4) is 0 Å². The summed E-state index contributed by atoms with van der Waals surface area (Å²) in [4.78, 5) is 10.9. The molecular formula is C14H20BrNO2. The number of benzene rings is 1. The number of hydrogen-bond acceptors (Lipinski definition) is 2. The highest BCUT2D eigenvalue weighted by atomic mass is 79.9. The van der Waals surface area contributed by atoms with E-state index in [1.54, 1.807) is 13.8 Å². The molecule has 100 valence electrons. The van der Waals surface area contributed by atoms with Gasteiger partial charge in [0.1, 0.15) is 0 Å². The van der Waals surface area contributed by atoms with Crippen LogP contribution in [0.2, 0.25) is 0 Å². The monoisotopic (exact) mass is 313 g/mol. The molecule has 18 heavy (non-hydrogen) atoms. The zero-order valence-electron chi connectivity index (χ0n) is 11.1. The van der Waals surface area contributed by atoms with Crippen molar-refractivity contribution in [1.29, 1.82) is 0 Å². The molecule has 0 aliphatic heterocycles. The number of hydrogen-bond donors (Lipinski definition) is 2. The van der Waals surface area contributed by atoms with Crippen molar-refractivity contribution >= 4 is 21.9 Å². The van der Waals surface area contributed by atoms with Crippen molar-refractivity contribution in [3.05, 3.63) is 33.8 Å². The van der Waals surface area contributed by atoms with Gasteiger partial charge in [0.25, 0.3) is 0 Å². The molecule has 0 amide bonds. The fraction of sp³-hybridized carbons (Fsp3) is 0.500. The van der Waals surface area contributed by atoms with Gasteiger partial charge >= 0.3 is 5.97 Å². The molecule has 0 aliphatic carbocycles. The van der Waals surface area contributed by atoms with E-state index >= 15 is 0 Å². The summed E-state index contributed by atoms with van der Waals surface area (Å²) in [5.74, 6) is -0.746. The Hall–Kier alpha value is -0.870. The van der Waals surface area contributed by atoms with E-state index in [1.807, 2.05) is 6.07 Å². The van der Waals surface area contributed by atoms with Gasteiger partial charge in [-0.15, -0.1) is 0 Å². The summed E-state index contributed by atoms with van der Waals surface area (Å²) in [6.07, 6.45) is 0.623. The van der Waals surface area contributed by atoms with Crippen LogP contribution in [0.25, 0.3) is 0 Å². The highest BCUT2D eigenvalue weighted by molar-refractivity contribution is 9.10. The summed E-state index contributed by atoms with van der Waals surface area (Å²) in [5.41, 5.74) is 1.81. The molecule has 0 bridgehead atoms. The minimum Gasteiger partial charge on any atom is -0.481 e. The SMILES string of the molecule is Cc1cc(Br)ccc1CNCCC(C)(C)C(=O)O. The normalized spacial score (nSPS) is 11.6. The fourth-order valence-electron chi connectivity index (χ4n) is 1.59. The zero-order chi connectivity index (χ0) is 13.8. The van der Waals surface area contributed by atoms with Crippen molar-refractivity contribution < 1.29 is 9.90 Å². The molecule has 0 spiro atoms. The molecule has 0 heterocycles. The van der Waals surface area contributed by atoms with Crippen LogP contribution in [0.1, 0.15) is 31.4 Å². The Kier molecular flexibility index (Phi) is 5.35. The second-order valence-electron chi connectivity index (χ2n) is 5.19. The van der Waals surface area contributed by atoms with Crippen molar-refractivity contribution in [2.24, 2.45) is 5.41 Å².